The first-order chi connectivity index (χ1) is 18.0. The van der Waals surface area contributed by atoms with Crippen molar-refractivity contribution in [3.05, 3.63) is 138 Å². The van der Waals surface area contributed by atoms with Gasteiger partial charge < -0.3 is 5.32 Å². The van der Waals surface area contributed by atoms with Gasteiger partial charge in [0.05, 0.1) is 4.90 Å². The van der Waals surface area contributed by atoms with Crippen LogP contribution in [-0.4, -0.2) is 32.3 Å². The molecule has 0 aromatic heterocycles. The van der Waals surface area contributed by atoms with Gasteiger partial charge in [0.1, 0.15) is 0 Å². The summed E-state index contributed by atoms with van der Waals surface area (Å²) in [4.78, 5) is 15.2. The maximum absolute atomic E-state index is 12.7. The molecule has 0 saturated carbocycles. The monoisotopic (exact) mass is 513 g/mol. The molecule has 4 rings (SSSR count). The molecule has 0 atom stereocenters. The van der Waals surface area contributed by atoms with Gasteiger partial charge in [-0.3, -0.25) is 9.69 Å². The molecule has 0 saturated heterocycles. The van der Waals surface area contributed by atoms with Crippen molar-refractivity contribution in [2.45, 2.75) is 24.5 Å². The Hall–Kier alpha value is -3.78. The van der Waals surface area contributed by atoms with Crippen LogP contribution in [0, 0.1) is 0 Å². The molecular weight excluding hydrogens is 482 g/mol. The van der Waals surface area contributed by atoms with Gasteiger partial charge >= 0.3 is 0 Å². The van der Waals surface area contributed by atoms with Gasteiger partial charge in [-0.05, 0) is 41.0 Å². The van der Waals surface area contributed by atoms with Crippen LogP contribution in [0.5, 0.6) is 0 Å². The number of hydrogen-bond donors (Lipinski definition) is 2. The topological polar surface area (TPSA) is 78.5 Å². The summed E-state index contributed by atoms with van der Waals surface area (Å²) in [6.45, 7) is 2.94. The number of carbonyl (C=O) groups is 1. The Balaban J connectivity index is 1.29. The van der Waals surface area contributed by atoms with E-state index < -0.39 is 10.0 Å². The predicted molar refractivity (Wildman–Crippen MR) is 146 cm³/mol. The molecule has 0 aliphatic carbocycles. The summed E-state index contributed by atoms with van der Waals surface area (Å²) < 4.78 is 27.4. The van der Waals surface area contributed by atoms with Crippen molar-refractivity contribution in [1.29, 1.82) is 0 Å². The number of hydrogen-bond acceptors (Lipinski definition) is 4. The Labute approximate surface area is 219 Å². The number of carbonyl (C=O) groups excluding carboxylic acids is 1. The third kappa shape index (κ3) is 8.11. The standard InChI is InChI=1S/C30H31N3O3S/c34-30(28-18-16-25(17-19-28)22-32-37(35,36)29-14-8-3-9-15-29)31-20-21-33(23-26-10-4-1-5-11-26)24-27-12-6-2-7-13-27/h1-19,32H,20-24H2,(H,31,34). The van der Waals surface area contributed by atoms with Crippen LogP contribution in [-0.2, 0) is 29.7 Å². The summed E-state index contributed by atoms with van der Waals surface area (Å²) in [5.41, 5.74) is 3.76. The number of amides is 1. The van der Waals surface area contributed by atoms with Gasteiger partial charge in [-0.1, -0.05) is 91.0 Å². The molecule has 4 aromatic rings. The molecule has 0 aliphatic rings. The van der Waals surface area contributed by atoms with Gasteiger partial charge in [0.15, 0.2) is 0 Å². The first kappa shape index (κ1) is 26.3. The fourth-order valence-electron chi connectivity index (χ4n) is 3.96. The summed E-state index contributed by atoms with van der Waals surface area (Å²) in [5, 5.41) is 3.01. The minimum absolute atomic E-state index is 0.146. The maximum atomic E-state index is 12.7. The van der Waals surface area contributed by atoms with E-state index in [-0.39, 0.29) is 17.3 Å². The molecule has 0 spiro atoms. The fourth-order valence-corrected chi connectivity index (χ4v) is 5.00. The van der Waals surface area contributed by atoms with E-state index in [2.05, 4.69) is 39.2 Å². The van der Waals surface area contributed by atoms with Crippen LogP contribution in [0.1, 0.15) is 27.0 Å². The average molecular weight is 514 g/mol. The lowest BCUT2D eigenvalue weighted by Crippen LogP contribution is -2.34. The zero-order valence-electron chi connectivity index (χ0n) is 20.6. The zero-order valence-corrected chi connectivity index (χ0v) is 21.4. The maximum Gasteiger partial charge on any atom is 0.251 e. The van der Waals surface area contributed by atoms with E-state index in [1.807, 2.05) is 36.4 Å². The van der Waals surface area contributed by atoms with Crippen LogP contribution >= 0.6 is 0 Å². The van der Waals surface area contributed by atoms with E-state index >= 15 is 0 Å². The summed E-state index contributed by atoms with van der Waals surface area (Å²) in [6, 6.07) is 35.8. The van der Waals surface area contributed by atoms with Crippen LogP contribution in [0.3, 0.4) is 0 Å². The highest BCUT2D eigenvalue weighted by molar-refractivity contribution is 7.89. The lowest BCUT2D eigenvalue weighted by Gasteiger charge is -2.23. The first-order valence-electron chi connectivity index (χ1n) is 12.2. The van der Waals surface area contributed by atoms with E-state index in [0.717, 1.165) is 18.7 Å². The molecule has 2 N–H and O–H groups in total. The highest BCUT2D eigenvalue weighted by Crippen LogP contribution is 2.11. The number of nitrogens with zero attached hydrogens (tertiary/aromatic N) is 1. The van der Waals surface area contributed by atoms with Crippen molar-refractivity contribution in [3.8, 4) is 0 Å². The molecule has 0 unspecified atom stereocenters. The predicted octanol–water partition coefficient (Wildman–Crippen LogP) is 4.60. The Morgan fingerprint density at radius 2 is 1.16 bits per heavy atom. The first-order valence-corrected chi connectivity index (χ1v) is 13.7. The van der Waals surface area contributed by atoms with Crippen LogP contribution < -0.4 is 10.0 Å². The van der Waals surface area contributed by atoms with E-state index in [1.54, 1.807) is 54.6 Å². The largest absolute Gasteiger partial charge is 0.351 e. The molecule has 6 nitrogen and oxygen atoms in total. The molecule has 0 radical (unpaired) electrons. The van der Waals surface area contributed by atoms with Crippen LogP contribution in [0.15, 0.2) is 120 Å². The Kier molecular flexibility index (Phi) is 9.21. The Bertz CT molecular complexity index is 1320. The third-order valence-corrected chi connectivity index (χ3v) is 7.36. The zero-order chi connectivity index (χ0) is 25.9. The number of sulfonamides is 1. The minimum atomic E-state index is -3.58. The molecule has 37 heavy (non-hydrogen) atoms. The van der Waals surface area contributed by atoms with E-state index in [0.29, 0.717) is 18.7 Å². The second-order valence-electron chi connectivity index (χ2n) is 8.77. The number of rotatable bonds is 12. The molecule has 0 aliphatic heterocycles. The molecule has 0 fully saturated rings. The van der Waals surface area contributed by atoms with E-state index in [1.165, 1.54) is 11.1 Å². The summed E-state index contributed by atoms with van der Waals surface area (Å²) in [6.07, 6.45) is 0. The van der Waals surface area contributed by atoms with Crippen molar-refractivity contribution in [2.24, 2.45) is 0 Å². The highest BCUT2D eigenvalue weighted by atomic mass is 32.2. The summed E-state index contributed by atoms with van der Waals surface area (Å²) in [5.74, 6) is -0.157. The normalized spacial score (nSPS) is 11.4. The van der Waals surface area contributed by atoms with Crippen molar-refractivity contribution in [3.63, 3.8) is 0 Å². The smallest absolute Gasteiger partial charge is 0.251 e. The lowest BCUT2D eigenvalue weighted by molar-refractivity contribution is 0.0947. The second-order valence-corrected chi connectivity index (χ2v) is 10.5. The SMILES string of the molecule is O=C(NCCN(Cc1ccccc1)Cc1ccccc1)c1ccc(CNS(=O)(=O)c2ccccc2)cc1. The molecule has 4 aromatic carbocycles. The third-order valence-electron chi connectivity index (χ3n) is 5.95. The fraction of sp³-hybridized carbons (Fsp3) is 0.167. The van der Waals surface area contributed by atoms with Crippen molar-refractivity contribution in [1.82, 2.24) is 14.9 Å². The van der Waals surface area contributed by atoms with Crippen LogP contribution in [0.4, 0.5) is 0 Å². The van der Waals surface area contributed by atoms with E-state index in [4.69, 9.17) is 0 Å². The van der Waals surface area contributed by atoms with Gasteiger partial charge in [-0.15, -0.1) is 0 Å². The Morgan fingerprint density at radius 3 is 1.70 bits per heavy atom. The summed E-state index contributed by atoms with van der Waals surface area (Å²) >= 11 is 0. The Morgan fingerprint density at radius 1 is 0.649 bits per heavy atom. The van der Waals surface area contributed by atoms with Crippen LogP contribution in [0.2, 0.25) is 0 Å². The molecular formula is C30H31N3O3S. The number of benzene rings is 4. The van der Waals surface area contributed by atoms with Crippen LogP contribution in [0.25, 0.3) is 0 Å². The van der Waals surface area contributed by atoms with Gasteiger partial charge in [0.25, 0.3) is 5.91 Å². The molecule has 0 heterocycles. The van der Waals surface area contributed by atoms with Gasteiger partial charge in [-0.2, -0.15) is 0 Å². The average Bonchev–Trinajstić information content (AvgIpc) is 2.94. The molecule has 0 bridgehead atoms. The van der Waals surface area contributed by atoms with E-state index in [9.17, 15) is 13.2 Å². The lowest BCUT2D eigenvalue weighted by atomic mass is 10.1. The molecule has 1 amide bonds. The quantitative estimate of drug-likeness (QED) is 0.290. The molecule has 190 valence electrons. The van der Waals surface area contributed by atoms with Crippen molar-refractivity contribution >= 4 is 15.9 Å². The van der Waals surface area contributed by atoms with Gasteiger partial charge in [-0.25, -0.2) is 13.1 Å². The van der Waals surface area contributed by atoms with Crippen molar-refractivity contribution < 1.29 is 13.2 Å². The second kappa shape index (κ2) is 13.0. The number of nitrogens with one attached hydrogen (secondary N) is 2. The van der Waals surface area contributed by atoms with Gasteiger partial charge in [0.2, 0.25) is 10.0 Å². The highest BCUT2D eigenvalue weighted by Gasteiger charge is 2.13. The molecule has 7 heteroatoms. The van der Waals surface area contributed by atoms with Crippen molar-refractivity contribution in [2.75, 3.05) is 13.1 Å². The minimum Gasteiger partial charge on any atom is -0.351 e. The summed E-state index contributed by atoms with van der Waals surface area (Å²) in [7, 11) is -3.58. The van der Waals surface area contributed by atoms with Gasteiger partial charge in [0, 0.05) is 38.3 Å².